The number of para-hydroxylation sites is 1. The standard InChI is InChI=1S/C14H20N4OS/c1-10(7-8-15)16-14-17-13(18-20-14)9-11-5-3-4-6-12(11)19-2/h3-6,10H,7-9,15H2,1-2H3,(H,16,17,18). The van der Waals surface area contributed by atoms with Crippen LogP contribution < -0.4 is 15.8 Å². The minimum atomic E-state index is 0.312. The topological polar surface area (TPSA) is 73.1 Å². The molecule has 5 nitrogen and oxygen atoms in total. The summed E-state index contributed by atoms with van der Waals surface area (Å²) >= 11 is 1.38. The number of rotatable bonds is 7. The predicted molar refractivity (Wildman–Crippen MR) is 82.5 cm³/mol. The van der Waals surface area contributed by atoms with Crippen LogP contribution in [0.3, 0.4) is 0 Å². The molecular formula is C14H20N4OS. The lowest BCUT2D eigenvalue weighted by Crippen LogP contribution is -2.19. The van der Waals surface area contributed by atoms with Crippen molar-refractivity contribution in [1.82, 2.24) is 9.36 Å². The van der Waals surface area contributed by atoms with Gasteiger partial charge in [-0.25, -0.2) is 4.98 Å². The largest absolute Gasteiger partial charge is 0.496 e. The lowest BCUT2D eigenvalue weighted by atomic mass is 10.1. The van der Waals surface area contributed by atoms with Crippen molar-refractivity contribution in [2.75, 3.05) is 19.0 Å². The fourth-order valence-electron chi connectivity index (χ4n) is 1.94. The molecular weight excluding hydrogens is 272 g/mol. The lowest BCUT2D eigenvalue weighted by Gasteiger charge is -2.10. The Labute approximate surface area is 123 Å². The number of nitrogens with two attached hydrogens (primary N) is 1. The molecule has 20 heavy (non-hydrogen) atoms. The average molecular weight is 292 g/mol. The predicted octanol–water partition coefficient (Wildman–Crippen LogP) is 2.29. The van der Waals surface area contributed by atoms with E-state index in [4.69, 9.17) is 10.5 Å². The summed E-state index contributed by atoms with van der Waals surface area (Å²) in [6.45, 7) is 2.76. The molecule has 3 N–H and O–H groups in total. The summed E-state index contributed by atoms with van der Waals surface area (Å²) in [6, 6.07) is 8.24. The molecule has 0 radical (unpaired) electrons. The van der Waals surface area contributed by atoms with Gasteiger partial charge in [0, 0.05) is 29.6 Å². The van der Waals surface area contributed by atoms with Crippen molar-refractivity contribution >= 4 is 16.7 Å². The van der Waals surface area contributed by atoms with E-state index in [1.807, 2.05) is 24.3 Å². The first-order chi connectivity index (χ1) is 9.72. The van der Waals surface area contributed by atoms with Crippen LogP contribution in [-0.2, 0) is 6.42 Å². The maximum atomic E-state index is 5.54. The molecule has 0 saturated carbocycles. The van der Waals surface area contributed by atoms with Crippen LogP contribution in [0, 0.1) is 0 Å². The number of hydrogen-bond acceptors (Lipinski definition) is 6. The minimum absolute atomic E-state index is 0.312. The van der Waals surface area contributed by atoms with Gasteiger partial charge < -0.3 is 15.8 Å². The normalized spacial score (nSPS) is 12.2. The van der Waals surface area contributed by atoms with E-state index >= 15 is 0 Å². The molecule has 1 atom stereocenters. The van der Waals surface area contributed by atoms with Gasteiger partial charge in [0.05, 0.1) is 7.11 Å². The SMILES string of the molecule is COc1ccccc1Cc1nsc(NC(C)CCN)n1. The highest BCUT2D eigenvalue weighted by Crippen LogP contribution is 2.21. The summed E-state index contributed by atoms with van der Waals surface area (Å²) in [5.74, 6) is 1.68. The zero-order chi connectivity index (χ0) is 14.4. The Hall–Kier alpha value is -1.66. The molecule has 0 aliphatic carbocycles. The van der Waals surface area contributed by atoms with Crippen LogP contribution in [0.4, 0.5) is 5.13 Å². The Morgan fingerprint density at radius 1 is 1.40 bits per heavy atom. The number of nitrogens with zero attached hydrogens (tertiary/aromatic N) is 2. The van der Waals surface area contributed by atoms with Gasteiger partial charge in [-0.05, 0) is 26.0 Å². The zero-order valence-corrected chi connectivity index (χ0v) is 12.6. The van der Waals surface area contributed by atoms with E-state index in [0.29, 0.717) is 19.0 Å². The highest BCUT2D eigenvalue weighted by molar-refractivity contribution is 7.09. The molecule has 0 aliphatic rings. The van der Waals surface area contributed by atoms with Crippen molar-refractivity contribution in [3.05, 3.63) is 35.7 Å². The highest BCUT2D eigenvalue weighted by Gasteiger charge is 2.10. The molecule has 1 heterocycles. The van der Waals surface area contributed by atoms with E-state index in [9.17, 15) is 0 Å². The maximum absolute atomic E-state index is 5.54. The zero-order valence-electron chi connectivity index (χ0n) is 11.8. The van der Waals surface area contributed by atoms with Crippen molar-refractivity contribution in [1.29, 1.82) is 0 Å². The second kappa shape index (κ2) is 7.21. The second-order valence-electron chi connectivity index (χ2n) is 4.63. The Kier molecular flexibility index (Phi) is 5.31. The van der Waals surface area contributed by atoms with Crippen molar-refractivity contribution in [2.24, 2.45) is 5.73 Å². The summed E-state index contributed by atoms with van der Waals surface area (Å²) in [5.41, 5.74) is 6.63. The molecule has 0 bridgehead atoms. The number of methoxy groups -OCH3 is 1. The molecule has 6 heteroatoms. The lowest BCUT2D eigenvalue weighted by molar-refractivity contribution is 0.410. The number of hydrogen-bond donors (Lipinski definition) is 2. The first kappa shape index (κ1) is 14.7. The molecule has 1 aromatic carbocycles. The molecule has 0 fully saturated rings. The van der Waals surface area contributed by atoms with Crippen molar-refractivity contribution in [3.63, 3.8) is 0 Å². The van der Waals surface area contributed by atoms with E-state index in [-0.39, 0.29) is 0 Å². The Balaban J connectivity index is 2.02. The third-order valence-electron chi connectivity index (χ3n) is 2.98. The summed E-state index contributed by atoms with van der Waals surface area (Å²) in [7, 11) is 1.68. The van der Waals surface area contributed by atoms with Gasteiger partial charge >= 0.3 is 0 Å². The second-order valence-corrected chi connectivity index (χ2v) is 5.38. The Morgan fingerprint density at radius 2 is 2.20 bits per heavy atom. The number of benzene rings is 1. The van der Waals surface area contributed by atoms with Gasteiger partial charge in [0.2, 0.25) is 5.13 Å². The number of anilines is 1. The molecule has 0 saturated heterocycles. The van der Waals surface area contributed by atoms with Crippen molar-refractivity contribution < 1.29 is 4.74 Å². The molecule has 0 amide bonds. The van der Waals surface area contributed by atoms with Gasteiger partial charge in [0.15, 0.2) is 0 Å². The molecule has 1 aromatic heterocycles. The van der Waals surface area contributed by atoms with E-state index in [0.717, 1.165) is 28.7 Å². The fraction of sp³-hybridized carbons (Fsp3) is 0.429. The molecule has 0 spiro atoms. The van der Waals surface area contributed by atoms with Crippen LogP contribution in [0.25, 0.3) is 0 Å². The van der Waals surface area contributed by atoms with Gasteiger partial charge in [-0.15, -0.1) is 0 Å². The van der Waals surface area contributed by atoms with Gasteiger partial charge in [0.25, 0.3) is 0 Å². The van der Waals surface area contributed by atoms with Gasteiger partial charge in [-0.3, -0.25) is 0 Å². The van der Waals surface area contributed by atoms with Crippen molar-refractivity contribution in [2.45, 2.75) is 25.8 Å². The molecule has 2 rings (SSSR count). The summed E-state index contributed by atoms with van der Waals surface area (Å²) in [5, 5.41) is 4.15. The number of aromatic nitrogens is 2. The van der Waals surface area contributed by atoms with E-state index in [1.54, 1.807) is 7.11 Å². The van der Waals surface area contributed by atoms with Crippen molar-refractivity contribution in [3.8, 4) is 5.75 Å². The first-order valence-corrected chi connectivity index (χ1v) is 7.41. The average Bonchev–Trinajstić information content (AvgIpc) is 2.87. The van der Waals surface area contributed by atoms with Crippen LogP contribution >= 0.6 is 11.5 Å². The van der Waals surface area contributed by atoms with Crippen LogP contribution in [-0.4, -0.2) is 29.1 Å². The molecule has 1 unspecified atom stereocenters. The van der Waals surface area contributed by atoms with E-state index in [2.05, 4.69) is 21.6 Å². The quantitative estimate of drug-likeness (QED) is 0.819. The smallest absolute Gasteiger partial charge is 0.202 e. The third-order valence-corrected chi connectivity index (χ3v) is 3.66. The molecule has 0 aliphatic heterocycles. The summed E-state index contributed by atoms with van der Waals surface area (Å²) in [6.07, 6.45) is 1.59. The van der Waals surface area contributed by atoms with Gasteiger partial charge in [0.1, 0.15) is 11.6 Å². The fourth-order valence-corrected chi connectivity index (χ4v) is 2.63. The van der Waals surface area contributed by atoms with Crippen LogP contribution in [0.5, 0.6) is 5.75 Å². The monoisotopic (exact) mass is 292 g/mol. The highest BCUT2D eigenvalue weighted by atomic mass is 32.1. The first-order valence-electron chi connectivity index (χ1n) is 6.64. The van der Waals surface area contributed by atoms with Crippen LogP contribution in [0.2, 0.25) is 0 Å². The number of nitrogens with one attached hydrogen (secondary N) is 1. The number of ether oxygens (including phenoxy) is 1. The maximum Gasteiger partial charge on any atom is 0.202 e. The van der Waals surface area contributed by atoms with Gasteiger partial charge in [-0.2, -0.15) is 4.37 Å². The minimum Gasteiger partial charge on any atom is -0.496 e. The summed E-state index contributed by atoms with van der Waals surface area (Å²) < 4.78 is 9.72. The van der Waals surface area contributed by atoms with E-state index < -0.39 is 0 Å². The van der Waals surface area contributed by atoms with Gasteiger partial charge in [-0.1, -0.05) is 18.2 Å². The Morgan fingerprint density at radius 3 is 2.95 bits per heavy atom. The third kappa shape index (κ3) is 3.91. The van der Waals surface area contributed by atoms with Crippen LogP contribution in [0.1, 0.15) is 24.7 Å². The molecule has 108 valence electrons. The van der Waals surface area contributed by atoms with E-state index in [1.165, 1.54) is 11.5 Å². The molecule has 2 aromatic rings. The summed E-state index contributed by atoms with van der Waals surface area (Å²) in [4.78, 5) is 4.50. The van der Waals surface area contributed by atoms with Crippen LogP contribution in [0.15, 0.2) is 24.3 Å². The Bertz CT molecular complexity index is 543.